The second kappa shape index (κ2) is 13.4. The molecule has 14 heteroatoms. The molecular weight excluding hydrogens is 456 g/mol. The SMILES string of the molecule is CC(C)C(N)C(=O)NC(Cc1cnc[nH]1)C(=O)NC(CS)C(=O)NC(CCC(=O)O)C(=O)O. The van der Waals surface area contributed by atoms with Crippen molar-refractivity contribution in [1.82, 2.24) is 25.9 Å². The van der Waals surface area contributed by atoms with Crippen LogP contribution < -0.4 is 21.7 Å². The maximum atomic E-state index is 12.9. The number of nitrogens with two attached hydrogens (primary N) is 1. The molecule has 0 fully saturated rings. The number of H-pyrrole nitrogens is 1. The molecule has 0 aromatic carbocycles. The van der Waals surface area contributed by atoms with E-state index in [-0.39, 0.29) is 24.5 Å². The Balaban J connectivity index is 2.92. The second-order valence-corrected chi connectivity index (χ2v) is 8.05. The molecule has 0 radical (unpaired) electrons. The van der Waals surface area contributed by atoms with Crippen molar-refractivity contribution < 1.29 is 34.2 Å². The fraction of sp³-hybridized carbons (Fsp3) is 0.579. The third kappa shape index (κ3) is 9.49. The number of rotatable bonds is 14. The van der Waals surface area contributed by atoms with Crippen molar-refractivity contribution in [3.63, 3.8) is 0 Å². The number of hydrogen-bond donors (Lipinski definition) is 8. The minimum Gasteiger partial charge on any atom is -0.481 e. The fourth-order valence-electron chi connectivity index (χ4n) is 2.66. The molecule has 4 unspecified atom stereocenters. The van der Waals surface area contributed by atoms with Crippen LogP contribution in [0.25, 0.3) is 0 Å². The van der Waals surface area contributed by atoms with Gasteiger partial charge >= 0.3 is 11.9 Å². The van der Waals surface area contributed by atoms with Crippen molar-refractivity contribution in [2.24, 2.45) is 11.7 Å². The summed E-state index contributed by atoms with van der Waals surface area (Å²) in [6.07, 6.45) is 2.09. The van der Waals surface area contributed by atoms with Crippen LogP contribution in [0.3, 0.4) is 0 Å². The van der Waals surface area contributed by atoms with Gasteiger partial charge < -0.3 is 36.9 Å². The average molecular weight is 487 g/mol. The van der Waals surface area contributed by atoms with Gasteiger partial charge in [0.2, 0.25) is 17.7 Å². The Labute approximate surface area is 195 Å². The number of carbonyl (C=O) groups excluding carboxylic acids is 3. The minimum atomic E-state index is -1.46. The van der Waals surface area contributed by atoms with Crippen LogP contribution in [-0.2, 0) is 30.4 Å². The standard InChI is InChI=1S/C19H30N6O7S/c1-9(2)15(20)18(30)24-12(5-10-6-21-8-22-10)16(28)25-13(7-33)17(29)23-11(19(31)32)3-4-14(26)27/h6,8-9,11-13,15,33H,3-5,7,20H2,1-2H3,(H,21,22)(H,23,29)(H,24,30)(H,25,28)(H,26,27)(H,31,32). The third-order valence-corrected chi connectivity index (χ3v) is 5.08. The molecule has 0 aliphatic heterocycles. The highest BCUT2D eigenvalue weighted by Crippen LogP contribution is 2.05. The summed E-state index contributed by atoms with van der Waals surface area (Å²) in [5.41, 5.74) is 6.39. The van der Waals surface area contributed by atoms with Gasteiger partial charge in [-0.1, -0.05) is 13.8 Å². The van der Waals surface area contributed by atoms with Crippen LogP contribution in [0.2, 0.25) is 0 Å². The average Bonchev–Trinajstić information content (AvgIpc) is 3.26. The second-order valence-electron chi connectivity index (χ2n) is 7.69. The van der Waals surface area contributed by atoms with Crippen LogP contribution in [0.15, 0.2) is 12.5 Å². The summed E-state index contributed by atoms with van der Waals surface area (Å²) in [6.45, 7) is 3.50. The van der Waals surface area contributed by atoms with Gasteiger partial charge in [-0.2, -0.15) is 12.6 Å². The molecule has 0 saturated heterocycles. The largest absolute Gasteiger partial charge is 0.481 e. The van der Waals surface area contributed by atoms with E-state index >= 15 is 0 Å². The zero-order valence-corrected chi connectivity index (χ0v) is 19.2. The number of aromatic nitrogens is 2. The summed E-state index contributed by atoms with van der Waals surface area (Å²) >= 11 is 4.03. The monoisotopic (exact) mass is 486 g/mol. The van der Waals surface area contributed by atoms with Gasteiger partial charge in [0.05, 0.1) is 12.4 Å². The number of aromatic amines is 1. The Morgan fingerprint density at radius 3 is 2.09 bits per heavy atom. The lowest BCUT2D eigenvalue weighted by Crippen LogP contribution is -2.58. The van der Waals surface area contributed by atoms with Gasteiger partial charge in [0.1, 0.15) is 18.1 Å². The minimum absolute atomic E-state index is 0.0274. The lowest BCUT2D eigenvalue weighted by atomic mass is 10.0. The molecule has 0 aliphatic carbocycles. The van der Waals surface area contributed by atoms with Crippen LogP contribution >= 0.6 is 12.6 Å². The molecule has 0 aliphatic rings. The highest BCUT2D eigenvalue weighted by molar-refractivity contribution is 7.80. The van der Waals surface area contributed by atoms with Gasteiger partial charge in [-0.05, 0) is 12.3 Å². The summed E-state index contributed by atoms with van der Waals surface area (Å²) in [7, 11) is 0. The van der Waals surface area contributed by atoms with Gasteiger partial charge in [-0.15, -0.1) is 0 Å². The molecule has 8 N–H and O–H groups in total. The molecule has 13 nitrogen and oxygen atoms in total. The molecule has 0 bridgehead atoms. The number of carboxylic acids is 2. The first-order valence-corrected chi connectivity index (χ1v) is 10.8. The number of imidazole rings is 1. The van der Waals surface area contributed by atoms with Crippen molar-refractivity contribution in [2.75, 3.05) is 5.75 Å². The van der Waals surface area contributed by atoms with E-state index in [1.807, 2.05) is 0 Å². The van der Waals surface area contributed by atoms with E-state index in [4.69, 9.17) is 10.8 Å². The van der Waals surface area contributed by atoms with E-state index in [0.29, 0.717) is 5.69 Å². The van der Waals surface area contributed by atoms with Gasteiger partial charge in [-0.25, -0.2) is 9.78 Å². The van der Waals surface area contributed by atoms with Gasteiger partial charge in [0, 0.05) is 30.5 Å². The maximum absolute atomic E-state index is 12.9. The van der Waals surface area contributed by atoms with Gasteiger partial charge in [0.15, 0.2) is 0 Å². The summed E-state index contributed by atoms with van der Waals surface area (Å²) in [5, 5.41) is 25.1. The molecule has 0 spiro atoms. The Bertz CT molecular complexity index is 833. The summed E-state index contributed by atoms with van der Waals surface area (Å²) in [6, 6.07) is -4.68. The smallest absolute Gasteiger partial charge is 0.326 e. The molecule has 184 valence electrons. The highest BCUT2D eigenvalue weighted by Gasteiger charge is 2.30. The van der Waals surface area contributed by atoms with Crippen LogP contribution in [0.1, 0.15) is 32.4 Å². The van der Waals surface area contributed by atoms with E-state index in [1.165, 1.54) is 12.5 Å². The van der Waals surface area contributed by atoms with Crippen molar-refractivity contribution in [2.45, 2.75) is 57.3 Å². The predicted octanol–water partition coefficient (Wildman–Crippen LogP) is -1.73. The highest BCUT2D eigenvalue weighted by atomic mass is 32.1. The maximum Gasteiger partial charge on any atom is 0.326 e. The number of amides is 3. The molecule has 1 aromatic heterocycles. The quantitative estimate of drug-likeness (QED) is 0.140. The molecule has 3 amide bonds. The van der Waals surface area contributed by atoms with Crippen molar-refractivity contribution >= 4 is 42.3 Å². The first-order chi connectivity index (χ1) is 15.5. The molecule has 0 saturated carbocycles. The normalized spacial score (nSPS) is 14.6. The summed E-state index contributed by atoms with van der Waals surface area (Å²) < 4.78 is 0. The predicted molar refractivity (Wildman–Crippen MR) is 119 cm³/mol. The fourth-order valence-corrected chi connectivity index (χ4v) is 2.92. The van der Waals surface area contributed by atoms with Crippen molar-refractivity contribution in [3.8, 4) is 0 Å². The Morgan fingerprint density at radius 1 is 1.03 bits per heavy atom. The molecule has 1 aromatic rings. The van der Waals surface area contributed by atoms with Crippen molar-refractivity contribution in [3.05, 3.63) is 18.2 Å². The summed E-state index contributed by atoms with van der Waals surface area (Å²) in [5.74, 6) is -5.14. The lowest BCUT2D eigenvalue weighted by Gasteiger charge is -2.25. The van der Waals surface area contributed by atoms with Crippen LogP contribution in [-0.4, -0.2) is 79.8 Å². The third-order valence-electron chi connectivity index (χ3n) is 4.71. The number of carboxylic acid groups (broad SMARTS) is 2. The molecule has 33 heavy (non-hydrogen) atoms. The van der Waals surface area contributed by atoms with Gasteiger partial charge in [-0.3, -0.25) is 19.2 Å². The number of aliphatic carboxylic acids is 2. The van der Waals surface area contributed by atoms with E-state index in [2.05, 4.69) is 38.5 Å². The topological polar surface area (TPSA) is 217 Å². The molecule has 1 rings (SSSR count). The zero-order chi connectivity index (χ0) is 25.1. The number of carbonyl (C=O) groups is 5. The first-order valence-electron chi connectivity index (χ1n) is 10.2. The van der Waals surface area contributed by atoms with E-state index in [9.17, 15) is 29.1 Å². The van der Waals surface area contributed by atoms with Crippen LogP contribution in [0.4, 0.5) is 0 Å². The van der Waals surface area contributed by atoms with Gasteiger partial charge in [0.25, 0.3) is 0 Å². The molecule has 1 heterocycles. The number of nitrogens with one attached hydrogen (secondary N) is 4. The Hall–Kier alpha value is -3.13. The van der Waals surface area contributed by atoms with Crippen molar-refractivity contribution in [1.29, 1.82) is 0 Å². The summed E-state index contributed by atoms with van der Waals surface area (Å²) in [4.78, 5) is 66.5. The first kappa shape index (κ1) is 27.9. The number of nitrogens with zero attached hydrogens (tertiary/aromatic N) is 1. The number of hydrogen-bond acceptors (Lipinski definition) is 8. The van der Waals surface area contributed by atoms with E-state index < -0.39 is 60.2 Å². The van der Waals surface area contributed by atoms with E-state index in [1.54, 1.807) is 13.8 Å². The zero-order valence-electron chi connectivity index (χ0n) is 18.3. The molecular formula is C19H30N6O7S. The number of thiol groups is 1. The Morgan fingerprint density at radius 2 is 1.61 bits per heavy atom. The van der Waals surface area contributed by atoms with Crippen LogP contribution in [0, 0.1) is 5.92 Å². The Kier molecular flexibility index (Phi) is 11.4. The van der Waals surface area contributed by atoms with Crippen LogP contribution in [0.5, 0.6) is 0 Å². The molecule has 4 atom stereocenters. The van der Waals surface area contributed by atoms with E-state index in [0.717, 1.165) is 0 Å². The lowest BCUT2D eigenvalue weighted by molar-refractivity contribution is -0.143.